The van der Waals surface area contributed by atoms with Gasteiger partial charge in [0.1, 0.15) is 6.61 Å². The standard InChI is InChI=1S/C10H14O5/c1-3-5-8(15-9(12)4-2)10(13)14-7-6-11/h4-5,11H,2-3,6-7H2,1H3/b8-5+. The minimum atomic E-state index is -0.777. The first-order chi connectivity index (χ1) is 7.15. The molecule has 0 heterocycles. The van der Waals surface area contributed by atoms with Gasteiger partial charge in [-0.1, -0.05) is 13.5 Å². The van der Waals surface area contributed by atoms with Gasteiger partial charge in [-0.3, -0.25) is 0 Å². The average molecular weight is 214 g/mol. The Balaban J connectivity index is 4.39. The van der Waals surface area contributed by atoms with E-state index in [2.05, 4.69) is 16.1 Å². The molecule has 5 heteroatoms. The predicted octanol–water partition coefficient (Wildman–Crippen LogP) is 0.545. The Morgan fingerprint density at radius 3 is 2.60 bits per heavy atom. The van der Waals surface area contributed by atoms with Crippen molar-refractivity contribution in [2.24, 2.45) is 0 Å². The summed E-state index contributed by atoms with van der Waals surface area (Å²) in [5.74, 6) is -1.69. The monoisotopic (exact) mass is 214 g/mol. The Morgan fingerprint density at radius 1 is 1.47 bits per heavy atom. The lowest BCUT2D eigenvalue weighted by molar-refractivity contribution is -0.149. The molecule has 0 aliphatic rings. The van der Waals surface area contributed by atoms with E-state index in [0.717, 1.165) is 6.08 Å². The second-order valence-corrected chi connectivity index (χ2v) is 2.46. The Bertz CT molecular complexity index is 267. The van der Waals surface area contributed by atoms with Crippen molar-refractivity contribution in [3.05, 3.63) is 24.5 Å². The highest BCUT2D eigenvalue weighted by Gasteiger charge is 2.14. The molecular weight excluding hydrogens is 200 g/mol. The Morgan fingerprint density at radius 2 is 2.13 bits per heavy atom. The summed E-state index contributed by atoms with van der Waals surface area (Å²) in [6, 6.07) is 0. The number of hydrogen-bond donors (Lipinski definition) is 1. The molecule has 0 saturated heterocycles. The van der Waals surface area contributed by atoms with Crippen LogP contribution in [-0.2, 0) is 19.1 Å². The third-order valence-electron chi connectivity index (χ3n) is 1.29. The molecule has 0 aromatic heterocycles. The Kier molecular flexibility index (Phi) is 6.92. The van der Waals surface area contributed by atoms with Crippen LogP contribution in [0.15, 0.2) is 24.5 Å². The van der Waals surface area contributed by atoms with E-state index in [0.29, 0.717) is 6.42 Å². The zero-order chi connectivity index (χ0) is 11.7. The van der Waals surface area contributed by atoms with E-state index in [-0.39, 0.29) is 19.0 Å². The summed E-state index contributed by atoms with van der Waals surface area (Å²) in [5.41, 5.74) is 0. The van der Waals surface area contributed by atoms with Crippen LogP contribution in [0.25, 0.3) is 0 Å². The third kappa shape index (κ3) is 5.64. The average Bonchev–Trinajstić information content (AvgIpc) is 2.24. The fourth-order valence-corrected chi connectivity index (χ4v) is 0.712. The first-order valence-corrected chi connectivity index (χ1v) is 4.48. The van der Waals surface area contributed by atoms with E-state index in [1.165, 1.54) is 6.08 Å². The molecule has 0 bridgehead atoms. The molecule has 5 nitrogen and oxygen atoms in total. The molecule has 0 unspecified atom stereocenters. The fraction of sp³-hybridized carbons (Fsp3) is 0.400. The minimum absolute atomic E-state index is 0.133. The second kappa shape index (κ2) is 7.75. The molecular formula is C10H14O5. The van der Waals surface area contributed by atoms with Gasteiger partial charge < -0.3 is 14.6 Å². The molecule has 0 rings (SSSR count). The van der Waals surface area contributed by atoms with Gasteiger partial charge in [0.2, 0.25) is 5.76 Å². The van der Waals surface area contributed by atoms with Crippen LogP contribution in [0.2, 0.25) is 0 Å². The molecule has 0 spiro atoms. The van der Waals surface area contributed by atoms with Gasteiger partial charge in [0.25, 0.3) is 0 Å². The van der Waals surface area contributed by atoms with Gasteiger partial charge in [-0.25, -0.2) is 9.59 Å². The molecule has 0 fully saturated rings. The summed E-state index contributed by atoms with van der Waals surface area (Å²) < 4.78 is 9.23. The zero-order valence-corrected chi connectivity index (χ0v) is 8.56. The molecule has 0 aromatic carbocycles. The second-order valence-electron chi connectivity index (χ2n) is 2.46. The van der Waals surface area contributed by atoms with Crippen molar-refractivity contribution < 1.29 is 24.2 Å². The molecule has 0 atom stereocenters. The highest BCUT2D eigenvalue weighted by atomic mass is 16.6. The maximum absolute atomic E-state index is 11.2. The van der Waals surface area contributed by atoms with E-state index < -0.39 is 11.9 Å². The Labute approximate surface area is 88.0 Å². The van der Waals surface area contributed by atoms with Crippen LogP contribution >= 0.6 is 0 Å². The number of hydrogen-bond acceptors (Lipinski definition) is 5. The zero-order valence-electron chi connectivity index (χ0n) is 8.56. The van der Waals surface area contributed by atoms with E-state index in [1.807, 2.05) is 0 Å². The largest absolute Gasteiger partial charge is 0.457 e. The van der Waals surface area contributed by atoms with Crippen molar-refractivity contribution in [2.75, 3.05) is 13.2 Å². The number of aliphatic hydroxyl groups is 1. The molecule has 0 amide bonds. The van der Waals surface area contributed by atoms with Crippen molar-refractivity contribution in [3.63, 3.8) is 0 Å². The van der Waals surface area contributed by atoms with E-state index in [4.69, 9.17) is 5.11 Å². The molecule has 0 radical (unpaired) electrons. The van der Waals surface area contributed by atoms with Crippen LogP contribution in [0.3, 0.4) is 0 Å². The van der Waals surface area contributed by atoms with Crippen LogP contribution in [0.5, 0.6) is 0 Å². The number of rotatable bonds is 6. The molecule has 84 valence electrons. The predicted molar refractivity (Wildman–Crippen MR) is 52.7 cm³/mol. The van der Waals surface area contributed by atoms with Crippen LogP contribution in [0, 0.1) is 0 Å². The summed E-state index contributed by atoms with van der Waals surface area (Å²) in [7, 11) is 0. The topological polar surface area (TPSA) is 72.8 Å². The Hall–Kier alpha value is -1.62. The van der Waals surface area contributed by atoms with Crippen molar-refractivity contribution in [2.45, 2.75) is 13.3 Å². The number of allylic oxidation sites excluding steroid dienone is 1. The van der Waals surface area contributed by atoms with Gasteiger partial charge in [-0.2, -0.15) is 0 Å². The van der Waals surface area contributed by atoms with Crippen LogP contribution in [0.1, 0.15) is 13.3 Å². The van der Waals surface area contributed by atoms with Gasteiger partial charge in [0.15, 0.2) is 0 Å². The fourth-order valence-electron chi connectivity index (χ4n) is 0.712. The number of aliphatic hydroxyl groups excluding tert-OH is 1. The summed E-state index contributed by atoms with van der Waals surface area (Å²) in [6.45, 7) is 4.57. The minimum Gasteiger partial charge on any atom is -0.457 e. The van der Waals surface area contributed by atoms with Crippen molar-refractivity contribution >= 4 is 11.9 Å². The summed E-state index contributed by atoms with van der Waals surface area (Å²) in [5, 5.41) is 8.43. The number of carbonyl (C=O) groups excluding carboxylic acids is 2. The highest BCUT2D eigenvalue weighted by Crippen LogP contribution is 2.03. The van der Waals surface area contributed by atoms with Gasteiger partial charge in [-0.05, 0) is 12.5 Å². The van der Waals surface area contributed by atoms with E-state index in [1.54, 1.807) is 6.92 Å². The maximum atomic E-state index is 11.2. The highest BCUT2D eigenvalue weighted by molar-refractivity contribution is 5.92. The first-order valence-electron chi connectivity index (χ1n) is 4.48. The molecule has 0 aromatic rings. The number of carbonyl (C=O) groups is 2. The first kappa shape index (κ1) is 13.4. The number of ether oxygens (including phenoxy) is 2. The lowest BCUT2D eigenvalue weighted by atomic mass is 10.4. The van der Waals surface area contributed by atoms with Crippen molar-refractivity contribution in [3.8, 4) is 0 Å². The van der Waals surface area contributed by atoms with Crippen LogP contribution < -0.4 is 0 Å². The number of esters is 2. The van der Waals surface area contributed by atoms with Crippen LogP contribution in [0.4, 0.5) is 0 Å². The smallest absolute Gasteiger partial charge is 0.374 e. The summed E-state index contributed by atoms with van der Waals surface area (Å²) in [4.78, 5) is 22.1. The van der Waals surface area contributed by atoms with Gasteiger partial charge in [-0.15, -0.1) is 0 Å². The summed E-state index contributed by atoms with van der Waals surface area (Å²) in [6.07, 6.45) is 2.89. The van der Waals surface area contributed by atoms with Gasteiger partial charge in [0, 0.05) is 6.08 Å². The molecule has 0 saturated carbocycles. The molecule has 1 N–H and O–H groups in total. The van der Waals surface area contributed by atoms with Crippen molar-refractivity contribution in [1.82, 2.24) is 0 Å². The summed E-state index contributed by atoms with van der Waals surface area (Å²) >= 11 is 0. The molecule has 0 aliphatic heterocycles. The van der Waals surface area contributed by atoms with E-state index >= 15 is 0 Å². The maximum Gasteiger partial charge on any atom is 0.374 e. The third-order valence-corrected chi connectivity index (χ3v) is 1.29. The SMILES string of the molecule is C=CC(=O)O/C(=C/CC)C(=O)OCCO. The van der Waals surface area contributed by atoms with E-state index in [9.17, 15) is 9.59 Å². The van der Waals surface area contributed by atoms with Crippen molar-refractivity contribution in [1.29, 1.82) is 0 Å². The molecule has 15 heavy (non-hydrogen) atoms. The quantitative estimate of drug-likeness (QED) is 0.397. The van der Waals surface area contributed by atoms with Crippen LogP contribution in [-0.4, -0.2) is 30.3 Å². The lowest BCUT2D eigenvalue weighted by Crippen LogP contribution is -2.15. The van der Waals surface area contributed by atoms with Gasteiger partial charge in [0.05, 0.1) is 6.61 Å². The van der Waals surface area contributed by atoms with Gasteiger partial charge >= 0.3 is 11.9 Å². The molecule has 0 aliphatic carbocycles. The lowest BCUT2D eigenvalue weighted by Gasteiger charge is -2.06. The normalized spacial score (nSPS) is 10.7.